The molecule has 0 aromatic heterocycles. The van der Waals surface area contributed by atoms with Gasteiger partial charge in [-0.05, 0) is 24.3 Å². The quantitative estimate of drug-likeness (QED) is 0.509. The fourth-order valence-electron chi connectivity index (χ4n) is 2.68. The summed E-state index contributed by atoms with van der Waals surface area (Å²) in [5.74, 6) is -1.13. The van der Waals surface area contributed by atoms with Crippen LogP contribution in [0.1, 0.15) is 12.5 Å². The molecule has 0 radical (unpaired) electrons. The first-order valence-corrected chi connectivity index (χ1v) is 7.00. The molecule has 0 fully saturated rings. The highest BCUT2D eigenvalue weighted by Gasteiger charge is 2.34. The van der Waals surface area contributed by atoms with Crippen LogP contribution in [0.25, 0.3) is 5.57 Å². The Balaban J connectivity index is 2.27. The van der Waals surface area contributed by atoms with E-state index in [2.05, 4.69) is 0 Å². The number of carbonyl (C=O) groups excluding carboxylic acids is 2. The Bertz CT molecular complexity index is 831. The largest absolute Gasteiger partial charge is 0.618 e. The van der Waals surface area contributed by atoms with Gasteiger partial charge in [0.05, 0.1) is 11.1 Å². The van der Waals surface area contributed by atoms with Gasteiger partial charge < -0.3 is 15.7 Å². The maximum Gasteiger partial charge on any atom is 0.303 e. The van der Waals surface area contributed by atoms with E-state index < -0.39 is 18.0 Å². The van der Waals surface area contributed by atoms with Gasteiger partial charge in [-0.1, -0.05) is 18.2 Å². The Labute approximate surface area is 132 Å². The van der Waals surface area contributed by atoms with Crippen molar-refractivity contribution in [1.82, 2.24) is 0 Å². The Morgan fingerprint density at radius 1 is 1.30 bits per heavy atom. The summed E-state index contributed by atoms with van der Waals surface area (Å²) in [5.41, 5.74) is 7.15. The molecule has 1 aromatic rings. The number of hydrogen-bond acceptors (Lipinski definition) is 4. The molecule has 0 saturated carbocycles. The molecule has 6 heteroatoms. The van der Waals surface area contributed by atoms with Gasteiger partial charge in [0.1, 0.15) is 0 Å². The second kappa shape index (κ2) is 5.57. The number of carbonyl (C=O) groups is 2. The maximum absolute atomic E-state index is 12.9. The van der Waals surface area contributed by atoms with Gasteiger partial charge >= 0.3 is 5.97 Å². The summed E-state index contributed by atoms with van der Waals surface area (Å²) in [7, 11) is 0. The molecule has 23 heavy (non-hydrogen) atoms. The first kappa shape index (κ1) is 14.8. The second-order valence-corrected chi connectivity index (χ2v) is 5.16. The number of primary amides is 1. The van der Waals surface area contributed by atoms with Crippen LogP contribution in [0, 0.1) is 5.21 Å². The molecule has 1 aliphatic heterocycles. The van der Waals surface area contributed by atoms with Crippen LogP contribution in [0.2, 0.25) is 0 Å². The highest BCUT2D eigenvalue weighted by atomic mass is 16.5. The van der Waals surface area contributed by atoms with Gasteiger partial charge in [0, 0.05) is 18.6 Å². The number of amides is 1. The lowest BCUT2D eigenvalue weighted by atomic mass is 9.96. The van der Waals surface area contributed by atoms with Crippen molar-refractivity contribution in [2.45, 2.75) is 13.0 Å². The van der Waals surface area contributed by atoms with Gasteiger partial charge in [-0.3, -0.25) is 9.59 Å². The van der Waals surface area contributed by atoms with Crippen LogP contribution in [-0.2, 0) is 14.3 Å². The summed E-state index contributed by atoms with van der Waals surface area (Å²) in [4.78, 5) is 23.1. The molecule has 1 heterocycles. The van der Waals surface area contributed by atoms with Crippen LogP contribution >= 0.6 is 0 Å². The number of benzene rings is 1. The van der Waals surface area contributed by atoms with E-state index in [-0.39, 0.29) is 17.0 Å². The van der Waals surface area contributed by atoms with E-state index in [0.717, 1.165) is 0 Å². The van der Waals surface area contributed by atoms with Gasteiger partial charge in [-0.15, -0.1) is 0 Å². The Hall–Kier alpha value is -3.15. The average molecular weight is 310 g/mol. The standard InChI is InChI=1S/C17H14N2O4/c1-10(20)23-15-8-4-5-11-9-13(17(18)21)12-6-2-3-7-14(12)19(22)16(11)15/h2-9,15H,1H3,(H2,18,21). The SMILES string of the molecule is CC(=O)OC1C=CC=C2C=C(C(N)=O)c3ccccc3[N+]([O-])=C21. The van der Waals surface area contributed by atoms with Crippen molar-refractivity contribution < 1.29 is 19.1 Å². The molecule has 0 spiro atoms. The lowest BCUT2D eigenvalue weighted by molar-refractivity contribution is -0.363. The number of nitrogens with zero attached hydrogens (tertiary/aromatic N) is 1. The highest BCUT2D eigenvalue weighted by Crippen LogP contribution is 2.32. The molecule has 3 rings (SSSR count). The number of fused-ring (bicyclic) bond motifs is 2. The average Bonchev–Trinajstić information content (AvgIpc) is 2.63. The molecule has 1 amide bonds. The summed E-state index contributed by atoms with van der Waals surface area (Å²) >= 11 is 0. The van der Waals surface area contributed by atoms with Crippen LogP contribution in [-0.4, -0.2) is 28.4 Å². The van der Waals surface area contributed by atoms with Gasteiger partial charge in [0.25, 0.3) is 0 Å². The third kappa shape index (κ3) is 2.55. The Morgan fingerprint density at radius 3 is 2.74 bits per heavy atom. The van der Waals surface area contributed by atoms with Crippen molar-refractivity contribution in [3.63, 3.8) is 0 Å². The van der Waals surface area contributed by atoms with E-state index in [0.29, 0.717) is 15.9 Å². The van der Waals surface area contributed by atoms with Crippen molar-refractivity contribution in [3.8, 4) is 0 Å². The van der Waals surface area contributed by atoms with E-state index in [4.69, 9.17) is 10.5 Å². The van der Waals surface area contributed by atoms with Gasteiger partial charge in [0.2, 0.25) is 23.4 Å². The van der Waals surface area contributed by atoms with E-state index in [9.17, 15) is 14.8 Å². The van der Waals surface area contributed by atoms with Crippen molar-refractivity contribution in [2.75, 3.05) is 0 Å². The van der Waals surface area contributed by atoms with Crippen molar-refractivity contribution in [1.29, 1.82) is 0 Å². The molecule has 1 unspecified atom stereocenters. The Kier molecular flexibility index (Phi) is 3.57. The molecule has 116 valence electrons. The molecule has 1 aliphatic carbocycles. The number of rotatable bonds is 2. The van der Waals surface area contributed by atoms with Crippen molar-refractivity contribution in [3.05, 3.63) is 64.9 Å². The molecule has 0 saturated heterocycles. The second-order valence-electron chi connectivity index (χ2n) is 5.16. The smallest absolute Gasteiger partial charge is 0.303 e. The normalized spacial score (nSPS) is 19.1. The number of nitrogens with two attached hydrogens (primary N) is 1. The first-order valence-electron chi connectivity index (χ1n) is 7.00. The molecule has 1 atom stereocenters. The molecule has 2 N–H and O–H groups in total. The zero-order valence-electron chi connectivity index (χ0n) is 12.4. The monoisotopic (exact) mass is 310 g/mol. The molecular formula is C17H14N2O4. The Morgan fingerprint density at radius 2 is 2.04 bits per heavy atom. The first-order chi connectivity index (χ1) is 11.0. The van der Waals surface area contributed by atoms with Crippen molar-refractivity contribution >= 4 is 28.8 Å². The van der Waals surface area contributed by atoms with E-state index >= 15 is 0 Å². The maximum atomic E-state index is 12.9. The lowest BCUT2D eigenvalue weighted by Gasteiger charge is -2.19. The molecule has 2 aliphatic rings. The predicted molar refractivity (Wildman–Crippen MR) is 84.7 cm³/mol. The molecule has 6 nitrogen and oxygen atoms in total. The minimum atomic E-state index is -0.818. The lowest BCUT2D eigenvalue weighted by Crippen LogP contribution is -2.32. The number of esters is 1. The minimum absolute atomic E-state index is 0.236. The third-order valence-corrected chi connectivity index (χ3v) is 3.62. The fourth-order valence-corrected chi connectivity index (χ4v) is 2.68. The topological polar surface area (TPSA) is 95.5 Å². The molecular weight excluding hydrogens is 296 g/mol. The van der Waals surface area contributed by atoms with Gasteiger partial charge in [-0.25, -0.2) is 0 Å². The number of para-hydroxylation sites is 1. The molecule has 0 bridgehead atoms. The minimum Gasteiger partial charge on any atom is -0.618 e. The highest BCUT2D eigenvalue weighted by molar-refractivity contribution is 6.23. The summed E-state index contributed by atoms with van der Waals surface area (Å²) < 4.78 is 5.89. The van der Waals surface area contributed by atoms with Crippen LogP contribution < -0.4 is 5.73 Å². The number of ether oxygens (including phenoxy) is 1. The van der Waals surface area contributed by atoms with Crippen LogP contribution in [0.5, 0.6) is 0 Å². The van der Waals surface area contributed by atoms with Crippen LogP contribution in [0.15, 0.2) is 54.1 Å². The van der Waals surface area contributed by atoms with E-state index in [1.807, 2.05) is 0 Å². The van der Waals surface area contributed by atoms with Crippen LogP contribution in [0.3, 0.4) is 0 Å². The van der Waals surface area contributed by atoms with Crippen LogP contribution in [0.4, 0.5) is 5.69 Å². The zero-order chi connectivity index (χ0) is 16.6. The van der Waals surface area contributed by atoms with E-state index in [1.165, 1.54) is 6.92 Å². The number of allylic oxidation sites excluding steroid dienone is 3. The van der Waals surface area contributed by atoms with Crippen molar-refractivity contribution in [2.24, 2.45) is 5.73 Å². The number of hydrogen-bond donors (Lipinski definition) is 1. The van der Waals surface area contributed by atoms with E-state index in [1.54, 1.807) is 48.6 Å². The van der Waals surface area contributed by atoms with Gasteiger partial charge in [0.15, 0.2) is 0 Å². The fraction of sp³-hybridized carbons (Fsp3) is 0.118. The molecule has 1 aromatic carbocycles. The summed E-state index contributed by atoms with van der Waals surface area (Å²) in [5, 5.41) is 12.9. The van der Waals surface area contributed by atoms with Gasteiger partial charge in [-0.2, -0.15) is 4.74 Å². The third-order valence-electron chi connectivity index (χ3n) is 3.62. The zero-order valence-corrected chi connectivity index (χ0v) is 12.4. The summed E-state index contributed by atoms with van der Waals surface area (Å²) in [6, 6.07) is 6.66. The predicted octanol–water partition coefficient (Wildman–Crippen LogP) is 1.58. The summed E-state index contributed by atoms with van der Waals surface area (Å²) in [6.07, 6.45) is 5.69. The summed E-state index contributed by atoms with van der Waals surface area (Å²) in [6.45, 7) is 1.27.